The Kier molecular flexibility index (Phi) is 11.2. The fourth-order valence-corrected chi connectivity index (χ4v) is 6.04. The zero-order valence-corrected chi connectivity index (χ0v) is 25.4. The Balaban J connectivity index is 0.000000253. The summed E-state index contributed by atoms with van der Waals surface area (Å²) in [5.41, 5.74) is 3.29. The molecule has 4 aromatic carbocycles. The maximum Gasteiger partial charge on any atom is 2.00 e. The van der Waals surface area contributed by atoms with E-state index in [1.54, 1.807) is 12.1 Å². The molecule has 0 unspecified atom stereocenters. The Bertz CT molecular complexity index is 1500. The van der Waals surface area contributed by atoms with Crippen LogP contribution in [0, 0.1) is 0 Å². The van der Waals surface area contributed by atoms with Gasteiger partial charge in [-0.15, -0.1) is 0 Å². The molecule has 0 N–H and O–H groups in total. The van der Waals surface area contributed by atoms with Crippen LogP contribution in [0.4, 0.5) is 0 Å². The molecule has 0 amide bonds. The third-order valence-corrected chi connectivity index (χ3v) is 8.20. The monoisotopic (exact) mass is 566 g/mol. The average molecular weight is 567 g/mol. The predicted molar refractivity (Wildman–Crippen MR) is 147 cm³/mol. The van der Waals surface area contributed by atoms with E-state index in [1.165, 1.54) is 12.1 Å². The van der Waals surface area contributed by atoms with E-state index in [2.05, 4.69) is 0 Å². The van der Waals surface area contributed by atoms with E-state index in [9.17, 15) is 25.9 Å². The summed E-state index contributed by atoms with van der Waals surface area (Å²) in [5, 5.41) is 3.68. The first kappa shape index (κ1) is 31.7. The molecule has 9 heteroatoms. The van der Waals surface area contributed by atoms with Crippen molar-refractivity contribution in [3.63, 3.8) is 0 Å². The number of benzene rings is 4. The van der Waals surface area contributed by atoms with E-state index in [1.807, 2.05) is 64.1 Å². The minimum atomic E-state index is -4.41. The summed E-state index contributed by atoms with van der Waals surface area (Å²) in [7, 11) is -8.82. The van der Waals surface area contributed by atoms with Crippen LogP contribution in [0.25, 0.3) is 21.5 Å². The smallest absolute Gasteiger partial charge is 0.744 e. The van der Waals surface area contributed by atoms with Crippen molar-refractivity contribution in [2.24, 2.45) is 0 Å². The Hall–Kier alpha value is -1.52. The topological polar surface area (TPSA) is 114 Å². The summed E-state index contributed by atoms with van der Waals surface area (Å²) >= 11 is 0. The fraction of sp³-hybridized carbons (Fsp3) is 0.286. The van der Waals surface area contributed by atoms with Gasteiger partial charge in [0.25, 0.3) is 0 Å². The van der Waals surface area contributed by atoms with Crippen molar-refractivity contribution in [3.05, 3.63) is 82.9 Å². The first-order chi connectivity index (χ1) is 16.9. The molecule has 0 saturated heterocycles. The van der Waals surface area contributed by atoms with Crippen LogP contribution in [-0.4, -0.2) is 63.7 Å². The van der Waals surface area contributed by atoms with E-state index in [-0.39, 0.29) is 47.5 Å². The molecular formula is C28H30CaO6S2. The molecule has 0 radical (unpaired) electrons. The molecule has 0 saturated carbocycles. The Morgan fingerprint density at radius 3 is 1.14 bits per heavy atom. The number of aryl methyl sites for hydroxylation is 4. The molecule has 0 fully saturated rings. The van der Waals surface area contributed by atoms with E-state index in [0.29, 0.717) is 24.0 Å². The minimum absolute atomic E-state index is 0. The van der Waals surface area contributed by atoms with Gasteiger partial charge < -0.3 is 9.11 Å². The van der Waals surface area contributed by atoms with Gasteiger partial charge in [-0.3, -0.25) is 0 Å². The summed E-state index contributed by atoms with van der Waals surface area (Å²) in [6, 6.07) is 18.3. The summed E-state index contributed by atoms with van der Waals surface area (Å²) < 4.78 is 67.8. The molecule has 4 rings (SSSR count). The second-order valence-corrected chi connectivity index (χ2v) is 11.2. The molecule has 4 aromatic rings. The van der Waals surface area contributed by atoms with Crippen molar-refractivity contribution < 1.29 is 25.9 Å². The average Bonchev–Trinajstić information content (AvgIpc) is 2.85. The number of hydrogen-bond acceptors (Lipinski definition) is 6. The number of rotatable bonds is 6. The van der Waals surface area contributed by atoms with Gasteiger partial charge in [0.05, 0.1) is 9.79 Å². The van der Waals surface area contributed by atoms with E-state index in [4.69, 9.17) is 0 Å². The quantitative estimate of drug-likeness (QED) is 0.229. The molecule has 0 bridgehead atoms. The molecule has 0 heterocycles. The van der Waals surface area contributed by atoms with Gasteiger partial charge >= 0.3 is 37.7 Å². The van der Waals surface area contributed by atoms with Gasteiger partial charge in [0, 0.05) is 0 Å². The first-order valence-electron chi connectivity index (χ1n) is 11.9. The molecule has 0 aliphatic rings. The standard InChI is InChI=1S/2C14H16O3S.Ca/c2*1-3-10-6-5-7-12-8-11(4-2)14(9-13(10)12)18(15,16)17;/h2*5-9H,3-4H2,1-2H3,(H,15,16,17);/q;;+2/p-2. The predicted octanol–water partition coefficient (Wildman–Crippen LogP) is 5.36. The third-order valence-electron chi connectivity index (χ3n) is 6.37. The summed E-state index contributed by atoms with van der Waals surface area (Å²) in [6.45, 7) is 7.71. The van der Waals surface area contributed by atoms with Gasteiger partial charge in [-0.2, -0.15) is 0 Å². The van der Waals surface area contributed by atoms with Crippen LogP contribution in [-0.2, 0) is 45.9 Å². The zero-order valence-electron chi connectivity index (χ0n) is 21.6. The van der Waals surface area contributed by atoms with Crippen molar-refractivity contribution in [2.75, 3.05) is 0 Å². The maximum absolute atomic E-state index is 11.3. The zero-order chi connectivity index (χ0) is 26.7. The largest absolute Gasteiger partial charge is 2.00 e. The number of hydrogen-bond donors (Lipinski definition) is 0. The van der Waals surface area contributed by atoms with E-state index >= 15 is 0 Å². The summed E-state index contributed by atoms with van der Waals surface area (Å²) in [4.78, 5) is -0.170. The van der Waals surface area contributed by atoms with Crippen molar-refractivity contribution in [3.8, 4) is 0 Å². The van der Waals surface area contributed by atoms with Crippen LogP contribution < -0.4 is 0 Å². The molecule has 37 heavy (non-hydrogen) atoms. The van der Waals surface area contributed by atoms with E-state index < -0.39 is 20.2 Å². The van der Waals surface area contributed by atoms with Crippen LogP contribution >= 0.6 is 0 Å². The van der Waals surface area contributed by atoms with Gasteiger partial charge in [-0.1, -0.05) is 64.1 Å². The minimum Gasteiger partial charge on any atom is -0.744 e. The molecule has 0 aromatic heterocycles. The molecule has 0 aliphatic carbocycles. The molecule has 6 nitrogen and oxygen atoms in total. The Morgan fingerprint density at radius 1 is 0.541 bits per heavy atom. The van der Waals surface area contributed by atoms with Gasteiger partial charge in [0.15, 0.2) is 0 Å². The van der Waals surface area contributed by atoms with Crippen LogP contribution in [0.1, 0.15) is 49.9 Å². The van der Waals surface area contributed by atoms with Gasteiger partial charge in [0.1, 0.15) is 20.2 Å². The molecule has 0 spiro atoms. The SMILES string of the molecule is CCc1cc2cccc(CC)c2cc1S(=O)(=O)[O-].CCc1cc2cccc(CC)c2cc1S(=O)(=O)[O-].[Ca+2]. The maximum atomic E-state index is 11.3. The van der Waals surface area contributed by atoms with Crippen molar-refractivity contribution in [1.29, 1.82) is 0 Å². The Labute approximate surface area is 249 Å². The van der Waals surface area contributed by atoms with Crippen molar-refractivity contribution >= 4 is 79.5 Å². The normalized spacial score (nSPS) is 11.6. The van der Waals surface area contributed by atoms with Gasteiger partial charge in [0.2, 0.25) is 0 Å². The second-order valence-electron chi connectivity index (χ2n) is 8.52. The molecule has 0 aliphatic heterocycles. The van der Waals surface area contributed by atoms with Crippen LogP contribution in [0.3, 0.4) is 0 Å². The Morgan fingerprint density at radius 2 is 0.865 bits per heavy atom. The van der Waals surface area contributed by atoms with Gasteiger partial charge in [-0.25, -0.2) is 16.8 Å². The fourth-order valence-electron chi connectivity index (χ4n) is 4.47. The van der Waals surface area contributed by atoms with Crippen LogP contribution in [0.2, 0.25) is 0 Å². The van der Waals surface area contributed by atoms with Crippen LogP contribution in [0.15, 0.2) is 70.5 Å². The van der Waals surface area contributed by atoms with Crippen molar-refractivity contribution in [1.82, 2.24) is 0 Å². The molecule has 0 atom stereocenters. The molecular weight excluding hydrogens is 537 g/mol. The van der Waals surface area contributed by atoms with E-state index in [0.717, 1.165) is 45.5 Å². The summed E-state index contributed by atoms with van der Waals surface area (Å²) in [5.74, 6) is 0. The van der Waals surface area contributed by atoms with Crippen LogP contribution in [0.5, 0.6) is 0 Å². The van der Waals surface area contributed by atoms with Crippen molar-refractivity contribution in [2.45, 2.75) is 63.2 Å². The molecule has 192 valence electrons. The third kappa shape index (κ3) is 7.32. The van der Waals surface area contributed by atoms with Gasteiger partial charge in [-0.05, 0) is 93.7 Å². The number of fused-ring (bicyclic) bond motifs is 2. The second kappa shape index (κ2) is 13.0. The summed E-state index contributed by atoms with van der Waals surface area (Å²) in [6.07, 6.45) is 2.68. The first-order valence-corrected chi connectivity index (χ1v) is 14.8.